The van der Waals surface area contributed by atoms with Gasteiger partial charge in [-0.05, 0) is 48.9 Å². The molecule has 0 atom stereocenters. The Morgan fingerprint density at radius 2 is 1.83 bits per heavy atom. The van der Waals surface area contributed by atoms with E-state index in [1.165, 1.54) is 16.7 Å². The fourth-order valence-corrected chi connectivity index (χ4v) is 4.36. The summed E-state index contributed by atoms with van der Waals surface area (Å²) in [5.41, 5.74) is 7.67. The number of benzene rings is 1. The van der Waals surface area contributed by atoms with Crippen molar-refractivity contribution in [3.63, 3.8) is 0 Å². The molecule has 1 aromatic carbocycles. The first-order valence-electron chi connectivity index (χ1n) is 10.6. The lowest BCUT2D eigenvalue weighted by molar-refractivity contribution is 0.678. The number of pyridine rings is 1. The Balaban J connectivity index is 1.57. The van der Waals surface area contributed by atoms with Gasteiger partial charge in [0.15, 0.2) is 0 Å². The zero-order valence-corrected chi connectivity index (χ0v) is 16.8. The molecule has 148 valence electrons. The highest BCUT2D eigenvalue weighted by molar-refractivity contribution is 5.96. The number of aryl methyl sites for hydroxylation is 1. The van der Waals surface area contributed by atoms with Crippen molar-refractivity contribution in [2.24, 2.45) is 0 Å². The molecular weight excluding hydrogens is 360 g/mol. The Hall–Kier alpha value is -2.92. The smallest absolute Gasteiger partial charge is 0.253 e. The molecule has 2 heterocycles. The normalized spacial score (nSPS) is 15.3. The van der Waals surface area contributed by atoms with Gasteiger partial charge in [-0.2, -0.15) is 5.10 Å². The lowest BCUT2D eigenvalue weighted by Gasteiger charge is -2.16. The summed E-state index contributed by atoms with van der Waals surface area (Å²) in [5, 5.41) is 9.43. The highest BCUT2D eigenvalue weighted by atomic mass is 16.1. The van der Waals surface area contributed by atoms with Crippen LogP contribution in [0.4, 0.5) is 0 Å². The first kappa shape index (κ1) is 18.1. The number of nitrogens with zero attached hydrogens (tertiary/aromatic N) is 2. The average molecular weight is 386 g/mol. The Morgan fingerprint density at radius 3 is 2.52 bits per heavy atom. The number of aromatic amines is 1. The van der Waals surface area contributed by atoms with E-state index in [1.54, 1.807) is 0 Å². The highest BCUT2D eigenvalue weighted by Gasteiger charge is 2.24. The van der Waals surface area contributed by atoms with Crippen LogP contribution < -0.4 is 10.9 Å². The fourth-order valence-electron chi connectivity index (χ4n) is 4.36. The number of H-pyrrole nitrogens is 1. The van der Waals surface area contributed by atoms with Crippen LogP contribution in [0.2, 0.25) is 0 Å². The number of allylic oxidation sites excluding steroid dienone is 4. The first-order valence-corrected chi connectivity index (χ1v) is 10.6. The van der Waals surface area contributed by atoms with Crippen molar-refractivity contribution in [2.75, 3.05) is 6.54 Å². The molecule has 2 aromatic heterocycles. The molecule has 2 aliphatic rings. The van der Waals surface area contributed by atoms with Crippen LogP contribution in [0.1, 0.15) is 47.7 Å². The van der Waals surface area contributed by atoms with Gasteiger partial charge in [0.2, 0.25) is 0 Å². The van der Waals surface area contributed by atoms with Gasteiger partial charge in [-0.3, -0.25) is 4.79 Å². The van der Waals surface area contributed by atoms with Gasteiger partial charge in [0, 0.05) is 23.1 Å². The highest BCUT2D eigenvalue weighted by Crippen LogP contribution is 2.33. The van der Waals surface area contributed by atoms with Crippen LogP contribution in [0.25, 0.3) is 16.6 Å². The van der Waals surface area contributed by atoms with Gasteiger partial charge in [0.25, 0.3) is 5.56 Å². The van der Waals surface area contributed by atoms with Crippen molar-refractivity contribution < 1.29 is 0 Å². The van der Waals surface area contributed by atoms with E-state index in [9.17, 15) is 4.79 Å². The number of hydrogen-bond donors (Lipinski definition) is 2. The zero-order valence-electron chi connectivity index (χ0n) is 16.8. The largest absolute Gasteiger partial charge is 0.313 e. The molecule has 29 heavy (non-hydrogen) atoms. The maximum absolute atomic E-state index is 12.8. The van der Waals surface area contributed by atoms with Crippen LogP contribution in [0, 0.1) is 0 Å². The number of hydrogen-bond acceptors (Lipinski definition) is 3. The fraction of sp³-hybridized carbons (Fsp3) is 0.333. The van der Waals surface area contributed by atoms with Gasteiger partial charge in [-0.1, -0.05) is 49.4 Å². The summed E-state index contributed by atoms with van der Waals surface area (Å²) in [6.45, 7) is 4.60. The quantitative estimate of drug-likeness (QED) is 0.679. The topological polar surface area (TPSA) is 62.7 Å². The lowest BCUT2D eigenvalue weighted by atomic mass is 9.89. The molecule has 0 saturated carbocycles. The Kier molecular flexibility index (Phi) is 4.68. The maximum atomic E-state index is 12.8. The van der Waals surface area contributed by atoms with E-state index in [1.807, 2.05) is 10.8 Å². The second-order valence-electron chi connectivity index (χ2n) is 7.93. The number of fused-ring (bicyclic) bond motifs is 3. The molecule has 0 radical (unpaired) electrons. The summed E-state index contributed by atoms with van der Waals surface area (Å²) in [5.74, 6) is 0. The van der Waals surface area contributed by atoms with Crippen LogP contribution in [0.5, 0.6) is 0 Å². The second-order valence-corrected chi connectivity index (χ2v) is 7.93. The van der Waals surface area contributed by atoms with Crippen molar-refractivity contribution in [1.29, 1.82) is 0 Å². The van der Waals surface area contributed by atoms with Gasteiger partial charge >= 0.3 is 0 Å². The maximum Gasteiger partial charge on any atom is 0.253 e. The van der Waals surface area contributed by atoms with Crippen LogP contribution in [-0.4, -0.2) is 21.3 Å². The van der Waals surface area contributed by atoms with E-state index in [4.69, 9.17) is 5.10 Å². The van der Waals surface area contributed by atoms with Crippen molar-refractivity contribution in [3.8, 4) is 0 Å². The predicted molar refractivity (Wildman–Crippen MR) is 117 cm³/mol. The third kappa shape index (κ3) is 3.25. The molecule has 0 saturated heterocycles. The second kappa shape index (κ2) is 7.48. The van der Waals surface area contributed by atoms with E-state index in [2.05, 4.69) is 53.6 Å². The summed E-state index contributed by atoms with van der Waals surface area (Å²) in [6, 6.07) is 8.62. The Morgan fingerprint density at radius 1 is 1.10 bits per heavy atom. The van der Waals surface area contributed by atoms with E-state index >= 15 is 0 Å². The number of nitrogens with one attached hydrogen (secondary N) is 2. The standard InChI is InChI=1S/C24H26N4O/c1-2-25-14-16-10-12-17(13-11-16)15-28-23-21(22(27-28)18-6-5-7-18)19-8-3-4-9-20(19)24(29)26-23/h5-7,10-13,25H,2-4,8-9,14-15H2,1H3,(H,26,29). The molecule has 0 fully saturated rings. The van der Waals surface area contributed by atoms with E-state index in [-0.39, 0.29) is 5.56 Å². The van der Waals surface area contributed by atoms with E-state index in [0.29, 0.717) is 6.54 Å². The van der Waals surface area contributed by atoms with Gasteiger partial charge in [-0.15, -0.1) is 0 Å². The summed E-state index contributed by atoms with van der Waals surface area (Å²) in [4.78, 5) is 15.9. The molecule has 0 spiro atoms. The molecule has 0 amide bonds. The number of rotatable bonds is 6. The van der Waals surface area contributed by atoms with Crippen molar-refractivity contribution in [2.45, 2.75) is 45.7 Å². The summed E-state index contributed by atoms with van der Waals surface area (Å²) in [6.07, 6.45) is 10.3. The first-order chi connectivity index (χ1) is 14.2. The molecule has 0 unspecified atom stereocenters. The van der Waals surface area contributed by atoms with Gasteiger partial charge in [0.1, 0.15) is 11.3 Å². The minimum atomic E-state index is 0.0546. The third-order valence-corrected chi connectivity index (χ3v) is 5.99. The monoisotopic (exact) mass is 386 g/mol. The van der Waals surface area contributed by atoms with E-state index in [0.717, 1.165) is 66.6 Å². The summed E-state index contributed by atoms with van der Waals surface area (Å²) < 4.78 is 1.97. The summed E-state index contributed by atoms with van der Waals surface area (Å²) in [7, 11) is 0. The molecule has 3 aromatic rings. The molecule has 2 aliphatic carbocycles. The van der Waals surface area contributed by atoms with E-state index < -0.39 is 0 Å². The van der Waals surface area contributed by atoms with Crippen LogP contribution in [0.3, 0.4) is 0 Å². The third-order valence-electron chi connectivity index (χ3n) is 5.99. The molecule has 0 bridgehead atoms. The minimum absolute atomic E-state index is 0.0546. The van der Waals surface area contributed by atoms with Crippen molar-refractivity contribution in [1.82, 2.24) is 20.1 Å². The molecule has 2 N–H and O–H groups in total. The zero-order chi connectivity index (χ0) is 19.8. The molecule has 5 rings (SSSR count). The Labute approximate surface area is 170 Å². The van der Waals surface area contributed by atoms with Gasteiger partial charge in [-0.25, -0.2) is 4.68 Å². The number of aromatic nitrogens is 3. The summed E-state index contributed by atoms with van der Waals surface area (Å²) >= 11 is 0. The molecule has 5 nitrogen and oxygen atoms in total. The van der Waals surface area contributed by atoms with Gasteiger partial charge < -0.3 is 10.3 Å². The SMILES string of the molecule is CCNCc1ccc(Cn2nc(C3=CC=C3)c3c4c(c(=O)[nH]c32)CCCC4)cc1. The Bertz CT molecular complexity index is 1180. The van der Waals surface area contributed by atoms with Crippen LogP contribution >= 0.6 is 0 Å². The van der Waals surface area contributed by atoms with Crippen LogP contribution in [-0.2, 0) is 25.9 Å². The molecule has 5 heteroatoms. The minimum Gasteiger partial charge on any atom is -0.313 e. The van der Waals surface area contributed by atoms with Gasteiger partial charge in [0.05, 0.1) is 6.54 Å². The lowest BCUT2D eigenvalue weighted by Crippen LogP contribution is -2.20. The molecule has 0 aliphatic heterocycles. The predicted octanol–water partition coefficient (Wildman–Crippen LogP) is 3.71. The van der Waals surface area contributed by atoms with Crippen LogP contribution in [0.15, 0.2) is 47.3 Å². The van der Waals surface area contributed by atoms with Crippen molar-refractivity contribution >= 4 is 16.6 Å². The molecular formula is C24H26N4O. The van der Waals surface area contributed by atoms with Crippen molar-refractivity contribution in [3.05, 3.63) is 80.8 Å². The average Bonchev–Trinajstić information content (AvgIpc) is 3.04.